The lowest BCUT2D eigenvalue weighted by Gasteiger charge is -2.32. The van der Waals surface area contributed by atoms with Gasteiger partial charge in [-0.2, -0.15) is 0 Å². The van der Waals surface area contributed by atoms with E-state index < -0.39 is 5.60 Å². The number of β-amino-alcohol motifs (C(OH)–C–C–N with tert-alkyl or cyclic N) is 1. The van der Waals surface area contributed by atoms with Gasteiger partial charge in [0.2, 0.25) is 0 Å². The second-order valence-corrected chi connectivity index (χ2v) is 6.34. The van der Waals surface area contributed by atoms with Crippen LogP contribution in [-0.2, 0) is 4.74 Å². The second kappa shape index (κ2) is 6.34. The Morgan fingerprint density at radius 1 is 1.33 bits per heavy atom. The zero-order chi connectivity index (χ0) is 14.7. The van der Waals surface area contributed by atoms with Crippen LogP contribution in [0.25, 0.3) is 0 Å². The summed E-state index contributed by atoms with van der Waals surface area (Å²) in [5, 5.41) is 10.7. The van der Waals surface area contributed by atoms with E-state index in [0.717, 1.165) is 50.3 Å². The quantitative estimate of drug-likeness (QED) is 0.921. The molecular formula is C17H25NO3. The van der Waals surface area contributed by atoms with Gasteiger partial charge in [-0.25, -0.2) is 0 Å². The molecular weight excluding hydrogens is 266 g/mol. The molecule has 1 aromatic carbocycles. The van der Waals surface area contributed by atoms with Crippen molar-refractivity contribution in [2.24, 2.45) is 0 Å². The van der Waals surface area contributed by atoms with E-state index in [2.05, 4.69) is 4.90 Å². The number of likely N-dealkylation sites (tertiary alicyclic amines) is 1. The summed E-state index contributed by atoms with van der Waals surface area (Å²) >= 11 is 0. The van der Waals surface area contributed by atoms with Gasteiger partial charge in [0, 0.05) is 32.3 Å². The maximum absolute atomic E-state index is 10.7. The summed E-state index contributed by atoms with van der Waals surface area (Å²) in [6, 6.07) is 8.52. The zero-order valence-corrected chi connectivity index (χ0v) is 12.8. The summed E-state index contributed by atoms with van der Waals surface area (Å²) in [5.41, 5.74) is 0.390. The Bertz CT molecular complexity index is 473. The number of nitrogens with zero attached hydrogens (tertiary/aromatic N) is 1. The van der Waals surface area contributed by atoms with Crippen molar-refractivity contribution in [1.29, 1.82) is 0 Å². The van der Waals surface area contributed by atoms with E-state index in [1.165, 1.54) is 0 Å². The summed E-state index contributed by atoms with van der Waals surface area (Å²) in [7, 11) is 0. The predicted octanol–water partition coefficient (Wildman–Crippen LogP) is 1.99. The fourth-order valence-electron chi connectivity index (χ4n) is 3.30. The van der Waals surface area contributed by atoms with Gasteiger partial charge < -0.3 is 14.6 Å². The van der Waals surface area contributed by atoms with Crippen LogP contribution in [-0.4, -0.2) is 54.6 Å². The maximum Gasteiger partial charge on any atom is 0.122 e. The minimum absolute atomic E-state index is 0.373. The van der Waals surface area contributed by atoms with E-state index in [1.807, 2.05) is 31.2 Å². The number of rotatable bonds is 4. The zero-order valence-electron chi connectivity index (χ0n) is 12.8. The Morgan fingerprint density at radius 3 is 2.86 bits per heavy atom. The van der Waals surface area contributed by atoms with Crippen LogP contribution in [0, 0.1) is 6.92 Å². The molecule has 21 heavy (non-hydrogen) atoms. The minimum atomic E-state index is -0.722. The molecule has 1 unspecified atom stereocenters. The third-order valence-electron chi connectivity index (χ3n) is 4.66. The number of para-hydroxylation sites is 1. The number of benzene rings is 1. The molecule has 0 spiro atoms. The molecule has 1 atom stereocenters. The van der Waals surface area contributed by atoms with Crippen LogP contribution in [0.1, 0.15) is 24.8 Å². The Kier molecular flexibility index (Phi) is 4.48. The topological polar surface area (TPSA) is 41.9 Å². The van der Waals surface area contributed by atoms with Crippen molar-refractivity contribution in [1.82, 2.24) is 4.90 Å². The van der Waals surface area contributed by atoms with Crippen LogP contribution in [0.3, 0.4) is 0 Å². The van der Waals surface area contributed by atoms with Crippen molar-refractivity contribution >= 4 is 0 Å². The highest BCUT2D eigenvalue weighted by atomic mass is 16.5. The number of ether oxygens (including phenoxy) is 2. The van der Waals surface area contributed by atoms with E-state index >= 15 is 0 Å². The summed E-state index contributed by atoms with van der Waals surface area (Å²) in [5.74, 6) is 0.871. The van der Waals surface area contributed by atoms with Crippen LogP contribution < -0.4 is 4.74 Å². The van der Waals surface area contributed by atoms with Crippen molar-refractivity contribution in [2.45, 2.75) is 37.8 Å². The number of aryl methyl sites for hydroxylation is 1. The highest BCUT2D eigenvalue weighted by molar-refractivity contribution is 5.31. The summed E-state index contributed by atoms with van der Waals surface area (Å²) in [4.78, 5) is 2.41. The molecule has 2 aliphatic rings. The van der Waals surface area contributed by atoms with Crippen LogP contribution >= 0.6 is 0 Å². The average Bonchev–Trinajstić information content (AvgIpc) is 2.90. The smallest absolute Gasteiger partial charge is 0.122 e. The third-order valence-corrected chi connectivity index (χ3v) is 4.66. The highest BCUT2D eigenvalue weighted by Crippen LogP contribution is 2.28. The Labute approximate surface area is 126 Å². The molecule has 0 radical (unpaired) electrons. The monoisotopic (exact) mass is 291 g/mol. The molecule has 2 fully saturated rings. The van der Waals surface area contributed by atoms with Gasteiger partial charge in [0.25, 0.3) is 0 Å². The molecule has 0 aromatic heterocycles. The molecule has 116 valence electrons. The van der Waals surface area contributed by atoms with E-state index in [9.17, 15) is 5.11 Å². The lowest BCUT2D eigenvalue weighted by Crippen LogP contribution is -2.43. The van der Waals surface area contributed by atoms with Crippen molar-refractivity contribution in [2.75, 3.05) is 32.9 Å². The molecule has 4 heteroatoms. The van der Waals surface area contributed by atoms with Crippen molar-refractivity contribution in [3.05, 3.63) is 29.8 Å². The fraction of sp³-hybridized carbons (Fsp3) is 0.647. The number of aliphatic hydroxyl groups is 1. The largest absolute Gasteiger partial charge is 0.490 e. The minimum Gasteiger partial charge on any atom is -0.490 e. The Morgan fingerprint density at radius 2 is 2.10 bits per heavy atom. The Hall–Kier alpha value is -1.10. The lowest BCUT2D eigenvalue weighted by atomic mass is 10.0. The fourth-order valence-corrected chi connectivity index (χ4v) is 3.30. The molecule has 0 aliphatic carbocycles. The first-order valence-electron chi connectivity index (χ1n) is 7.89. The molecule has 3 rings (SSSR count). The summed E-state index contributed by atoms with van der Waals surface area (Å²) in [6.45, 7) is 5.76. The molecule has 2 heterocycles. The third kappa shape index (κ3) is 3.57. The summed E-state index contributed by atoms with van der Waals surface area (Å²) < 4.78 is 11.3. The van der Waals surface area contributed by atoms with E-state index in [4.69, 9.17) is 9.47 Å². The van der Waals surface area contributed by atoms with Gasteiger partial charge in [0.15, 0.2) is 0 Å². The van der Waals surface area contributed by atoms with Crippen LogP contribution in [0.4, 0.5) is 0 Å². The van der Waals surface area contributed by atoms with Crippen molar-refractivity contribution in [3.8, 4) is 5.75 Å². The van der Waals surface area contributed by atoms with Gasteiger partial charge in [-0.1, -0.05) is 18.2 Å². The maximum atomic E-state index is 10.7. The molecule has 2 aliphatic heterocycles. The molecule has 0 bridgehead atoms. The van der Waals surface area contributed by atoms with Crippen molar-refractivity contribution < 1.29 is 14.6 Å². The molecule has 1 N–H and O–H groups in total. The van der Waals surface area contributed by atoms with Crippen LogP contribution in [0.2, 0.25) is 0 Å². The van der Waals surface area contributed by atoms with Crippen molar-refractivity contribution in [3.63, 3.8) is 0 Å². The molecule has 0 saturated carbocycles. The van der Waals surface area contributed by atoms with Crippen LogP contribution in [0.5, 0.6) is 5.75 Å². The molecule has 0 amide bonds. The first kappa shape index (κ1) is 14.8. The van der Waals surface area contributed by atoms with Gasteiger partial charge in [0.1, 0.15) is 18.0 Å². The normalized spacial score (nSPS) is 27.9. The van der Waals surface area contributed by atoms with Gasteiger partial charge >= 0.3 is 0 Å². The SMILES string of the molecule is Cc1ccccc1OCC1(O)CCN(C2CCOCC2)C1. The average molecular weight is 291 g/mol. The highest BCUT2D eigenvalue weighted by Gasteiger charge is 2.39. The van der Waals surface area contributed by atoms with Gasteiger partial charge in [0.05, 0.1) is 0 Å². The van der Waals surface area contributed by atoms with Gasteiger partial charge in [-0.3, -0.25) is 4.90 Å². The number of hydrogen-bond acceptors (Lipinski definition) is 4. The van der Waals surface area contributed by atoms with Crippen LogP contribution in [0.15, 0.2) is 24.3 Å². The van der Waals surface area contributed by atoms with E-state index in [1.54, 1.807) is 0 Å². The van der Waals surface area contributed by atoms with E-state index in [-0.39, 0.29) is 0 Å². The molecule has 1 aromatic rings. The van der Waals surface area contributed by atoms with Gasteiger partial charge in [-0.15, -0.1) is 0 Å². The summed E-state index contributed by atoms with van der Waals surface area (Å²) in [6.07, 6.45) is 2.94. The second-order valence-electron chi connectivity index (χ2n) is 6.34. The Balaban J connectivity index is 1.55. The van der Waals surface area contributed by atoms with E-state index in [0.29, 0.717) is 19.2 Å². The standard InChI is InChI=1S/C17H25NO3/c1-14-4-2-3-5-16(14)21-13-17(19)8-9-18(12-17)15-6-10-20-11-7-15/h2-5,15,19H,6-13H2,1H3. The lowest BCUT2D eigenvalue weighted by molar-refractivity contribution is -0.0101. The number of hydrogen-bond donors (Lipinski definition) is 1. The molecule has 4 nitrogen and oxygen atoms in total. The van der Waals surface area contributed by atoms with Gasteiger partial charge in [-0.05, 0) is 37.8 Å². The first-order chi connectivity index (χ1) is 10.2. The molecule has 2 saturated heterocycles. The first-order valence-corrected chi connectivity index (χ1v) is 7.89. The predicted molar refractivity (Wildman–Crippen MR) is 81.7 cm³/mol.